The number of aromatic nitrogens is 1. The minimum Gasteiger partial charge on any atom is -0.508 e. The molecule has 57 heavy (non-hydrogen) atoms. The third-order valence-electron chi connectivity index (χ3n) is 11.5. The van der Waals surface area contributed by atoms with Crippen molar-refractivity contribution in [1.29, 1.82) is 0 Å². The van der Waals surface area contributed by atoms with Gasteiger partial charge in [0.1, 0.15) is 29.7 Å². The van der Waals surface area contributed by atoms with E-state index in [1.165, 1.54) is 57.2 Å². The molecular formula is C42H51N3O12. The Hall–Kier alpha value is -5.51. The van der Waals surface area contributed by atoms with Crippen LogP contribution in [0.15, 0.2) is 54.6 Å². The van der Waals surface area contributed by atoms with Crippen LogP contribution in [0.4, 0.5) is 0 Å². The molecule has 1 aliphatic carbocycles. The molecule has 1 saturated heterocycles. The summed E-state index contributed by atoms with van der Waals surface area (Å²) in [4.78, 5) is 43.5. The molecule has 3 aromatic carbocycles. The lowest BCUT2D eigenvalue weighted by Gasteiger charge is -2.52. The maximum absolute atomic E-state index is 13.5. The van der Waals surface area contributed by atoms with Crippen LogP contribution in [0, 0.1) is 17.8 Å². The fourth-order valence-corrected chi connectivity index (χ4v) is 8.74. The molecule has 1 saturated carbocycles. The fraction of sp³-hybridized carbons (Fsp3) is 0.452. The highest BCUT2D eigenvalue weighted by Gasteiger charge is 2.54. The number of aliphatic carboxylic acids is 1. The van der Waals surface area contributed by atoms with Gasteiger partial charge in [0.15, 0.2) is 11.5 Å². The second-order valence-electron chi connectivity index (χ2n) is 14.5. The molecule has 2 aliphatic heterocycles. The molecular weight excluding hydrogens is 738 g/mol. The number of H-pyrrole nitrogens is 1. The van der Waals surface area contributed by atoms with Crippen molar-refractivity contribution in [2.24, 2.45) is 23.5 Å². The van der Waals surface area contributed by atoms with Crippen molar-refractivity contribution in [3.05, 3.63) is 77.0 Å². The lowest BCUT2D eigenvalue weighted by Crippen LogP contribution is -2.58. The minimum atomic E-state index is -1.02. The Morgan fingerprint density at radius 1 is 0.912 bits per heavy atom. The van der Waals surface area contributed by atoms with E-state index >= 15 is 0 Å². The minimum absolute atomic E-state index is 0.0170. The van der Waals surface area contributed by atoms with Gasteiger partial charge in [-0.25, -0.2) is 4.79 Å². The molecule has 3 aliphatic rings. The van der Waals surface area contributed by atoms with Gasteiger partial charge in [0.2, 0.25) is 5.75 Å². The zero-order valence-electron chi connectivity index (χ0n) is 33.0. The summed E-state index contributed by atoms with van der Waals surface area (Å²) in [6.07, 6.45) is 1.19. The number of benzene rings is 3. The largest absolute Gasteiger partial charge is 0.508 e. The lowest BCUT2D eigenvalue weighted by molar-refractivity contribution is -0.176. The number of carbonyl (C=O) groups excluding carboxylic acids is 2. The molecule has 7 atom stereocenters. The summed E-state index contributed by atoms with van der Waals surface area (Å²) in [7, 11) is 9.10. The molecule has 4 aromatic rings. The molecule has 0 spiro atoms. The highest BCUT2D eigenvalue weighted by Crippen LogP contribution is 2.51. The number of piperidine rings is 1. The predicted molar refractivity (Wildman–Crippen MR) is 208 cm³/mol. The average molecular weight is 790 g/mol. The quantitative estimate of drug-likeness (QED) is 0.155. The summed E-state index contributed by atoms with van der Waals surface area (Å²) in [6, 6.07) is 14.8. The number of nitrogens with one attached hydrogen (secondary N) is 1. The number of fused-ring (bicyclic) bond motifs is 6. The van der Waals surface area contributed by atoms with E-state index in [1.54, 1.807) is 38.5 Å². The SMILES string of the molecule is COC(=O)[C@H]1[C@H]2C[C@@H]3c4[nH]c5cc(OC)ccc5c4CCN3C[C@H]2C[C@@H](OC(=O)c2cc(OC)c(OC)c(OC)c2)[C@@H]1OC.N[C@@H](Cc1ccc(O)cc1)C(=O)O. The number of esters is 2. The summed E-state index contributed by atoms with van der Waals surface area (Å²) in [6.45, 7) is 1.68. The van der Waals surface area contributed by atoms with Crippen molar-refractivity contribution in [2.75, 3.05) is 55.7 Å². The first kappa shape index (κ1) is 41.1. The molecule has 306 valence electrons. The number of nitrogens with two attached hydrogens (primary N) is 1. The molecule has 0 amide bonds. The van der Waals surface area contributed by atoms with Gasteiger partial charge < -0.3 is 54.1 Å². The Morgan fingerprint density at radius 2 is 1.61 bits per heavy atom. The third-order valence-corrected chi connectivity index (χ3v) is 11.5. The van der Waals surface area contributed by atoms with Crippen LogP contribution in [0.3, 0.4) is 0 Å². The van der Waals surface area contributed by atoms with Gasteiger partial charge in [-0.05, 0) is 85.0 Å². The Labute approximate surface area is 330 Å². The normalized spacial score (nSPS) is 23.0. The van der Waals surface area contributed by atoms with E-state index in [4.69, 9.17) is 49.1 Å². The number of nitrogens with zero attached hydrogens (tertiary/aromatic N) is 1. The van der Waals surface area contributed by atoms with Crippen LogP contribution in [-0.4, -0.2) is 112 Å². The van der Waals surface area contributed by atoms with Gasteiger partial charge in [-0.1, -0.05) is 12.1 Å². The molecule has 0 unspecified atom stereocenters. The van der Waals surface area contributed by atoms with E-state index in [0.29, 0.717) is 23.7 Å². The van der Waals surface area contributed by atoms with Gasteiger partial charge in [-0.2, -0.15) is 0 Å². The smallest absolute Gasteiger partial charge is 0.338 e. The van der Waals surface area contributed by atoms with Crippen LogP contribution in [0.2, 0.25) is 0 Å². The molecule has 5 N–H and O–H groups in total. The van der Waals surface area contributed by atoms with Crippen molar-refractivity contribution < 1.29 is 57.8 Å². The van der Waals surface area contributed by atoms with Crippen LogP contribution in [-0.2, 0) is 36.6 Å². The van der Waals surface area contributed by atoms with Crippen LogP contribution >= 0.6 is 0 Å². The van der Waals surface area contributed by atoms with E-state index in [1.807, 2.05) is 12.1 Å². The van der Waals surface area contributed by atoms with Crippen molar-refractivity contribution in [2.45, 2.75) is 50.0 Å². The molecule has 15 heteroatoms. The van der Waals surface area contributed by atoms with Gasteiger partial charge >= 0.3 is 17.9 Å². The first-order valence-corrected chi connectivity index (χ1v) is 18.7. The second kappa shape index (κ2) is 17.7. The summed E-state index contributed by atoms with van der Waals surface area (Å²) < 4.78 is 39.1. The molecule has 1 aromatic heterocycles. The van der Waals surface area contributed by atoms with Gasteiger partial charge in [0.25, 0.3) is 0 Å². The van der Waals surface area contributed by atoms with Crippen LogP contribution in [0.25, 0.3) is 10.9 Å². The Bertz CT molecular complexity index is 2040. The van der Waals surface area contributed by atoms with E-state index in [2.05, 4.69) is 16.0 Å². The zero-order chi connectivity index (χ0) is 41.0. The number of hydrogen-bond acceptors (Lipinski definition) is 13. The predicted octanol–water partition coefficient (Wildman–Crippen LogP) is 4.52. The first-order chi connectivity index (χ1) is 27.4. The monoisotopic (exact) mass is 789 g/mol. The molecule has 2 fully saturated rings. The van der Waals surface area contributed by atoms with E-state index in [9.17, 15) is 14.4 Å². The fourth-order valence-electron chi connectivity index (χ4n) is 8.74. The number of carboxylic acid groups (broad SMARTS) is 1. The molecule has 7 rings (SSSR count). The summed E-state index contributed by atoms with van der Waals surface area (Å²) >= 11 is 0. The molecule has 15 nitrogen and oxygen atoms in total. The number of aromatic amines is 1. The first-order valence-electron chi connectivity index (χ1n) is 18.7. The Balaban J connectivity index is 0.000000360. The van der Waals surface area contributed by atoms with Gasteiger partial charge in [-0.3, -0.25) is 14.5 Å². The van der Waals surface area contributed by atoms with Crippen molar-refractivity contribution in [3.63, 3.8) is 0 Å². The van der Waals surface area contributed by atoms with E-state index in [-0.39, 0.29) is 41.6 Å². The molecule has 0 radical (unpaired) electrons. The second-order valence-corrected chi connectivity index (χ2v) is 14.5. The molecule has 3 heterocycles. The Kier molecular flexibility index (Phi) is 12.8. The highest BCUT2D eigenvalue weighted by atomic mass is 16.6. The maximum atomic E-state index is 13.5. The number of aromatic hydroxyl groups is 1. The number of phenolic OH excluding ortho intramolecular Hbond substituents is 1. The number of ether oxygens (including phenoxy) is 7. The summed E-state index contributed by atoms with van der Waals surface area (Å²) in [5, 5.41) is 18.7. The summed E-state index contributed by atoms with van der Waals surface area (Å²) in [5.74, 6) is -0.420. The summed E-state index contributed by atoms with van der Waals surface area (Å²) in [5.41, 5.74) is 9.95. The van der Waals surface area contributed by atoms with Crippen LogP contribution in [0.1, 0.15) is 46.1 Å². The van der Waals surface area contributed by atoms with Gasteiger partial charge in [0.05, 0.1) is 53.1 Å². The number of phenols is 1. The van der Waals surface area contributed by atoms with Crippen molar-refractivity contribution in [1.82, 2.24) is 9.88 Å². The number of hydrogen-bond donors (Lipinski definition) is 4. The number of methoxy groups -OCH3 is 6. The zero-order valence-corrected chi connectivity index (χ0v) is 33.0. The van der Waals surface area contributed by atoms with Crippen molar-refractivity contribution >= 4 is 28.8 Å². The van der Waals surface area contributed by atoms with Gasteiger partial charge in [0, 0.05) is 42.9 Å². The maximum Gasteiger partial charge on any atom is 0.338 e. The highest BCUT2D eigenvalue weighted by molar-refractivity contribution is 5.91. The number of rotatable bonds is 11. The van der Waals surface area contributed by atoms with Crippen LogP contribution < -0.4 is 24.7 Å². The standard InChI is InChI=1S/C33H40N2O9.C9H11NO3/c1-38-19-7-8-20-21-9-10-35-16-18-13-27(44-32(36)17-11-25(39-2)30(41-4)26(12-17)40-3)31(42-5)28(33(37)43-6)22(18)15-24(35)29(21)34-23(20)14-19;10-8(9(12)13)5-6-1-3-7(11)4-2-6/h7-8,11-12,14,18,22,24,27-28,31,34H,9-10,13,15-16H2,1-6H3;1-4,8,11H,5,10H2,(H,12,13)/t18-,22+,24-,27-,28+,31+;8-/m10/s1. The number of carbonyl (C=O) groups is 3. The molecule has 0 bridgehead atoms. The van der Waals surface area contributed by atoms with Crippen molar-refractivity contribution in [3.8, 4) is 28.7 Å². The Morgan fingerprint density at radius 3 is 2.21 bits per heavy atom. The average Bonchev–Trinajstić information content (AvgIpc) is 3.60. The van der Waals surface area contributed by atoms with E-state index < -0.39 is 36.1 Å². The van der Waals surface area contributed by atoms with E-state index in [0.717, 1.165) is 42.8 Å². The van der Waals surface area contributed by atoms with Gasteiger partial charge in [-0.15, -0.1) is 0 Å². The topological polar surface area (TPSA) is 201 Å². The lowest BCUT2D eigenvalue weighted by atomic mass is 9.63. The number of carboxylic acids is 1. The third kappa shape index (κ3) is 8.46. The van der Waals surface area contributed by atoms with Crippen LogP contribution in [0.5, 0.6) is 28.7 Å².